The Kier molecular flexibility index (Phi) is 5.06. The highest BCUT2D eigenvalue weighted by Gasteiger charge is 2.24. The van der Waals surface area contributed by atoms with Gasteiger partial charge >= 0.3 is 0 Å². The number of likely N-dealkylation sites (N-methyl/N-ethyl adjacent to an activating group) is 1. The minimum absolute atomic E-state index is 0.00493. The number of nitrogens with zero attached hydrogens (tertiary/aromatic N) is 3. The number of thiophene rings is 1. The molecule has 0 aliphatic heterocycles. The van der Waals surface area contributed by atoms with Crippen molar-refractivity contribution in [3.05, 3.63) is 57.0 Å². The van der Waals surface area contributed by atoms with Crippen molar-refractivity contribution in [2.45, 2.75) is 46.6 Å². The van der Waals surface area contributed by atoms with Gasteiger partial charge in [-0.2, -0.15) is 0 Å². The van der Waals surface area contributed by atoms with E-state index >= 15 is 0 Å². The second kappa shape index (κ2) is 7.51. The molecule has 1 unspecified atom stereocenters. The van der Waals surface area contributed by atoms with Crippen LogP contribution in [0.2, 0.25) is 0 Å². The van der Waals surface area contributed by atoms with E-state index in [-0.39, 0.29) is 18.0 Å². The van der Waals surface area contributed by atoms with Gasteiger partial charge in [-0.3, -0.25) is 14.2 Å². The molecule has 2 aromatic heterocycles. The molecular formula is C22H25N3O2S. The number of aromatic nitrogens is 2. The number of fused-ring (bicyclic) bond motifs is 3. The Bertz CT molecular complexity index is 1100. The molecule has 4 rings (SSSR count). The lowest BCUT2D eigenvalue weighted by Gasteiger charge is -2.23. The highest BCUT2D eigenvalue weighted by molar-refractivity contribution is 7.18. The predicted molar refractivity (Wildman–Crippen MR) is 114 cm³/mol. The molecule has 0 N–H and O–H groups in total. The average Bonchev–Trinajstić information content (AvgIpc) is 3.04. The van der Waals surface area contributed by atoms with Crippen LogP contribution >= 0.6 is 11.3 Å². The number of anilines is 1. The van der Waals surface area contributed by atoms with Crippen LogP contribution in [0.4, 0.5) is 5.69 Å². The van der Waals surface area contributed by atoms with E-state index in [0.29, 0.717) is 12.5 Å². The van der Waals surface area contributed by atoms with Crippen LogP contribution in [0.25, 0.3) is 10.2 Å². The Balaban J connectivity index is 1.68. The Morgan fingerprint density at radius 3 is 2.89 bits per heavy atom. The number of aryl methyl sites for hydroxylation is 2. The molecule has 28 heavy (non-hydrogen) atoms. The number of hydrogen-bond acceptors (Lipinski definition) is 4. The lowest BCUT2D eigenvalue weighted by Crippen LogP contribution is -2.37. The second-order valence-corrected chi connectivity index (χ2v) is 8.72. The van der Waals surface area contributed by atoms with E-state index < -0.39 is 0 Å². The minimum atomic E-state index is -0.0993. The van der Waals surface area contributed by atoms with Gasteiger partial charge in [0.25, 0.3) is 5.56 Å². The molecule has 0 spiro atoms. The molecule has 1 amide bonds. The smallest absolute Gasteiger partial charge is 0.262 e. The van der Waals surface area contributed by atoms with Crippen LogP contribution in [0, 0.1) is 12.8 Å². The van der Waals surface area contributed by atoms with Gasteiger partial charge < -0.3 is 4.90 Å². The first-order valence-electron chi connectivity index (χ1n) is 9.85. The second-order valence-electron chi connectivity index (χ2n) is 7.63. The van der Waals surface area contributed by atoms with Gasteiger partial charge in [0, 0.05) is 17.1 Å². The molecule has 3 aromatic rings. The van der Waals surface area contributed by atoms with E-state index in [1.165, 1.54) is 15.8 Å². The molecule has 1 aromatic carbocycles. The lowest BCUT2D eigenvalue weighted by atomic mass is 9.89. The summed E-state index contributed by atoms with van der Waals surface area (Å²) in [5.74, 6) is 0.550. The zero-order valence-electron chi connectivity index (χ0n) is 16.6. The van der Waals surface area contributed by atoms with Crippen molar-refractivity contribution in [1.82, 2.24) is 9.55 Å². The minimum Gasteiger partial charge on any atom is -0.311 e. The molecule has 0 fully saturated rings. The molecule has 0 saturated carbocycles. The molecule has 2 heterocycles. The molecule has 1 aliphatic rings. The lowest BCUT2D eigenvalue weighted by molar-refractivity contribution is -0.119. The molecule has 5 nitrogen and oxygen atoms in total. The Hall–Kier alpha value is -2.47. The topological polar surface area (TPSA) is 55.2 Å². The van der Waals surface area contributed by atoms with Crippen LogP contribution in [0.3, 0.4) is 0 Å². The first-order valence-corrected chi connectivity index (χ1v) is 10.7. The summed E-state index contributed by atoms with van der Waals surface area (Å²) >= 11 is 1.64. The molecule has 1 atom stereocenters. The standard InChI is InChI=1S/C22H25N3O2S/c1-4-25(17-8-6-5-7-15(17)3)19(26)12-24-13-23-21-20(22(24)27)16-10-9-14(2)11-18(16)28-21/h5-8,13-14H,4,9-12H2,1-3H3. The number of amides is 1. The van der Waals surface area contributed by atoms with Crippen molar-refractivity contribution in [3.63, 3.8) is 0 Å². The van der Waals surface area contributed by atoms with Gasteiger partial charge in [0.15, 0.2) is 0 Å². The van der Waals surface area contributed by atoms with Crippen LogP contribution in [-0.4, -0.2) is 22.0 Å². The summed E-state index contributed by atoms with van der Waals surface area (Å²) in [5.41, 5.74) is 2.99. The summed E-state index contributed by atoms with van der Waals surface area (Å²) in [4.78, 5) is 34.5. The number of carbonyl (C=O) groups excluding carboxylic acids is 1. The van der Waals surface area contributed by atoms with Crippen molar-refractivity contribution in [2.24, 2.45) is 5.92 Å². The van der Waals surface area contributed by atoms with Gasteiger partial charge in [-0.15, -0.1) is 11.3 Å². The van der Waals surface area contributed by atoms with E-state index in [4.69, 9.17) is 0 Å². The Labute approximate surface area is 168 Å². The summed E-state index contributed by atoms with van der Waals surface area (Å²) in [6.45, 7) is 6.75. The summed E-state index contributed by atoms with van der Waals surface area (Å²) in [6, 6.07) is 7.82. The van der Waals surface area contributed by atoms with Gasteiger partial charge in [-0.1, -0.05) is 25.1 Å². The van der Waals surface area contributed by atoms with E-state index in [9.17, 15) is 9.59 Å². The zero-order chi connectivity index (χ0) is 19.8. The van der Waals surface area contributed by atoms with Gasteiger partial charge in [0.2, 0.25) is 5.91 Å². The fourth-order valence-electron chi connectivity index (χ4n) is 4.06. The van der Waals surface area contributed by atoms with Crippen LogP contribution in [0.15, 0.2) is 35.4 Å². The van der Waals surface area contributed by atoms with Gasteiger partial charge in [-0.05, 0) is 56.2 Å². The van der Waals surface area contributed by atoms with E-state index in [1.807, 2.05) is 38.1 Å². The molecule has 0 radical (unpaired) electrons. The quantitative estimate of drug-likeness (QED) is 0.672. The van der Waals surface area contributed by atoms with E-state index in [2.05, 4.69) is 11.9 Å². The van der Waals surface area contributed by atoms with Gasteiger partial charge in [-0.25, -0.2) is 4.98 Å². The first kappa shape index (κ1) is 18.9. The number of carbonyl (C=O) groups is 1. The van der Waals surface area contributed by atoms with Crippen LogP contribution in [-0.2, 0) is 24.2 Å². The fraction of sp³-hybridized carbons (Fsp3) is 0.409. The molecular weight excluding hydrogens is 370 g/mol. The van der Waals surface area contributed by atoms with Crippen molar-refractivity contribution >= 4 is 33.1 Å². The summed E-state index contributed by atoms with van der Waals surface area (Å²) < 4.78 is 1.47. The maximum atomic E-state index is 13.2. The third kappa shape index (κ3) is 3.26. The van der Waals surface area contributed by atoms with Crippen molar-refractivity contribution in [1.29, 1.82) is 0 Å². The van der Waals surface area contributed by atoms with Crippen molar-refractivity contribution in [3.8, 4) is 0 Å². The summed E-state index contributed by atoms with van der Waals surface area (Å²) in [6.07, 6.45) is 4.57. The number of para-hydroxylation sites is 1. The first-order chi connectivity index (χ1) is 13.5. The normalized spacial score (nSPS) is 16.2. The van der Waals surface area contributed by atoms with E-state index in [0.717, 1.165) is 46.3 Å². The highest BCUT2D eigenvalue weighted by Crippen LogP contribution is 2.35. The molecule has 1 aliphatic carbocycles. The summed E-state index contributed by atoms with van der Waals surface area (Å²) in [5, 5.41) is 0.723. The number of benzene rings is 1. The maximum absolute atomic E-state index is 13.2. The molecule has 0 saturated heterocycles. The van der Waals surface area contributed by atoms with E-state index in [1.54, 1.807) is 16.2 Å². The number of rotatable bonds is 4. The zero-order valence-corrected chi connectivity index (χ0v) is 17.4. The van der Waals surface area contributed by atoms with Gasteiger partial charge in [0.1, 0.15) is 11.4 Å². The fourth-order valence-corrected chi connectivity index (χ4v) is 5.40. The SMILES string of the molecule is CCN(C(=O)Cn1cnc2sc3c(c2c1=O)CCC(C)C3)c1ccccc1C. The monoisotopic (exact) mass is 395 g/mol. The largest absolute Gasteiger partial charge is 0.311 e. The van der Waals surface area contributed by atoms with Crippen molar-refractivity contribution in [2.75, 3.05) is 11.4 Å². The predicted octanol–water partition coefficient (Wildman–Crippen LogP) is 3.94. The maximum Gasteiger partial charge on any atom is 0.262 e. The number of hydrogen-bond donors (Lipinski definition) is 0. The molecule has 146 valence electrons. The van der Waals surface area contributed by atoms with Crippen LogP contribution in [0.5, 0.6) is 0 Å². The van der Waals surface area contributed by atoms with Gasteiger partial charge in [0.05, 0.1) is 11.7 Å². The van der Waals surface area contributed by atoms with Crippen molar-refractivity contribution < 1.29 is 4.79 Å². The highest BCUT2D eigenvalue weighted by atomic mass is 32.1. The Morgan fingerprint density at radius 1 is 1.36 bits per heavy atom. The third-order valence-electron chi connectivity index (χ3n) is 5.61. The summed E-state index contributed by atoms with van der Waals surface area (Å²) in [7, 11) is 0. The molecule has 0 bridgehead atoms. The average molecular weight is 396 g/mol. The van der Waals surface area contributed by atoms with Crippen LogP contribution in [0.1, 0.15) is 36.3 Å². The Morgan fingerprint density at radius 2 is 2.14 bits per heavy atom. The molecule has 6 heteroatoms. The third-order valence-corrected chi connectivity index (χ3v) is 6.77. The van der Waals surface area contributed by atoms with Crippen LogP contribution < -0.4 is 10.5 Å².